The lowest BCUT2D eigenvalue weighted by Crippen LogP contribution is -2.33. The van der Waals surface area contributed by atoms with E-state index >= 15 is 0 Å². The summed E-state index contributed by atoms with van der Waals surface area (Å²) in [5, 5.41) is 8.97. The first-order valence-corrected chi connectivity index (χ1v) is 8.98. The van der Waals surface area contributed by atoms with Gasteiger partial charge < -0.3 is 5.11 Å². The summed E-state index contributed by atoms with van der Waals surface area (Å²) in [6, 6.07) is 3.87. The van der Waals surface area contributed by atoms with Crippen molar-refractivity contribution in [2.24, 2.45) is 0 Å². The van der Waals surface area contributed by atoms with Crippen molar-refractivity contribution >= 4 is 26.0 Å². The van der Waals surface area contributed by atoms with Gasteiger partial charge in [0.25, 0.3) is 0 Å². The maximum Gasteiger partial charge on any atom is 0.335 e. The number of nitrogens with one attached hydrogen (secondary N) is 2. The predicted molar refractivity (Wildman–Crippen MR) is 76.2 cm³/mol. The van der Waals surface area contributed by atoms with Gasteiger partial charge in [-0.2, -0.15) is 0 Å². The number of benzene rings is 1. The monoisotopic (exact) mass is 336 g/mol. The SMILES string of the molecule is CNS(=O)(=O)CCNS(=O)(=O)c1cccc(C(=O)O)c1C. The van der Waals surface area contributed by atoms with Gasteiger partial charge in [-0.15, -0.1) is 0 Å². The van der Waals surface area contributed by atoms with Crippen LogP contribution in [0.1, 0.15) is 15.9 Å². The summed E-state index contributed by atoms with van der Waals surface area (Å²) in [6.07, 6.45) is 0. The lowest BCUT2D eigenvalue weighted by atomic mass is 10.1. The zero-order valence-corrected chi connectivity index (χ0v) is 13.1. The Hall–Kier alpha value is -1.49. The largest absolute Gasteiger partial charge is 0.478 e. The van der Waals surface area contributed by atoms with Crippen molar-refractivity contribution in [3.63, 3.8) is 0 Å². The molecule has 0 aliphatic rings. The van der Waals surface area contributed by atoms with Crippen LogP contribution in [0.2, 0.25) is 0 Å². The smallest absolute Gasteiger partial charge is 0.335 e. The van der Waals surface area contributed by atoms with Crippen molar-refractivity contribution in [3.05, 3.63) is 29.3 Å². The summed E-state index contributed by atoms with van der Waals surface area (Å²) < 4.78 is 50.8. The highest BCUT2D eigenvalue weighted by atomic mass is 32.2. The maximum absolute atomic E-state index is 12.1. The minimum atomic E-state index is -3.98. The Balaban J connectivity index is 2.99. The average molecular weight is 336 g/mol. The summed E-state index contributed by atoms with van der Waals surface area (Å²) in [5.74, 6) is -1.65. The lowest BCUT2D eigenvalue weighted by Gasteiger charge is -2.11. The quantitative estimate of drug-likeness (QED) is 0.617. The summed E-state index contributed by atoms with van der Waals surface area (Å²) >= 11 is 0. The van der Waals surface area contributed by atoms with E-state index in [1.165, 1.54) is 32.2 Å². The van der Waals surface area contributed by atoms with Crippen molar-refractivity contribution in [2.75, 3.05) is 19.3 Å². The van der Waals surface area contributed by atoms with E-state index in [1.807, 2.05) is 0 Å². The van der Waals surface area contributed by atoms with Gasteiger partial charge >= 0.3 is 5.97 Å². The van der Waals surface area contributed by atoms with E-state index in [2.05, 4.69) is 9.44 Å². The molecule has 118 valence electrons. The van der Waals surface area contributed by atoms with Gasteiger partial charge in [-0.1, -0.05) is 6.07 Å². The summed E-state index contributed by atoms with van der Waals surface area (Å²) in [5.41, 5.74) is -0.0327. The minimum absolute atomic E-state index is 0.0916. The molecule has 0 saturated heterocycles. The maximum atomic E-state index is 12.1. The number of aromatic carboxylic acids is 1. The van der Waals surface area contributed by atoms with E-state index in [9.17, 15) is 21.6 Å². The van der Waals surface area contributed by atoms with E-state index in [-0.39, 0.29) is 22.6 Å². The first-order valence-electron chi connectivity index (χ1n) is 5.84. The molecule has 0 bridgehead atoms. The molecule has 0 fully saturated rings. The molecule has 1 rings (SSSR count). The van der Waals surface area contributed by atoms with Crippen LogP contribution in [0.5, 0.6) is 0 Å². The number of carbonyl (C=O) groups is 1. The zero-order chi connectivity index (χ0) is 16.3. The highest BCUT2D eigenvalue weighted by molar-refractivity contribution is 7.90. The molecule has 0 aliphatic carbocycles. The molecule has 3 N–H and O–H groups in total. The molecular formula is C11H16N2O6S2. The van der Waals surface area contributed by atoms with Gasteiger partial charge in [0.1, 0.15) is 0 Å². The fraction of sp³-hybridized carbons (Fsp3) is 0.364. The molecule has 0 atom stereocenters. The summed E-state index contributed by atoms with van der Waals surface area (Å²) in [6.45, 7) is 1.06. The third-order valence-electron chi connectivity index (χ3n) is 2.78. The van der Waals surface area contributed by atoms with E-state index in [1.54, 1.807) is 0 Å². The highest BCUT2D eigenvalue weighted by Crippen LogP contribution is 2.18. The molecular weight excluding hydrogens is 320 g/mol. The Morgan fingerprint density at radius 3 is 2.38 bits per heavy atom. The molecule has 0 amide bonds. The second-order valence-corrected chi connectivity index (χ2v) is 7.94. The number of sulfonamides is 2. The minimum Gasteiger partial charge on any atom is -0.478 e. The molecule has 10 heteroatoms. The van der Waals surface area contributed by atoms with E-state index in [0.29, 0.717) is 0 Å². The molecule has 0 aromatic heterocycles. The molecule has 0 aliphatic heterocycles. The Kier molecular flexibility index (Phi) is 5.45. The Bertz CT molecular complexity index is 740. The van der Waals surface area contributed by atoms with Crippen LogP contribution in [0.15, 0.2) is 23.1 Å². The topological polar surface area (TPSA) is 130 Å². The van der Waals surface area contributed by atoms with Gasteiger partial charge in [0.05, 0.1) is 16.2 Å². The third kappa shape index (κ3) is 4.49. The fourth-order valence-corrected chi connectivity index (χ4v) is 3.63. The van der Waals surface area contributed by atoms with Gasteiger partial charge in [-0.25, -0.2) is 31.1 Å². The standard InChI is InChI=1S/C11H16N2O6S2/c1-8-9(11(14)15)4-3-5-10(8)21(18,19)13-6-7-20(16,17)12-2/h3-5,12-13H,6-7H2,1-2H3,(H,14,15). The Morgan fingerprint density at radius 2 is 1.86 bits per heavy atom. The number of hydrogen-bond acceptors (Lipinski definition) is 5. The van der Waals surface area contributed by atoms with Crippen LogP contribution in [-0.4, -0.2) is 47.3 Å². The molecule has 1 aromatic carbocycles. The molecule has 0 spiro atoms. The van der Waals surface area contributed by atoms with Crippen LogP contribution in [0.3, 0.4) is 0 Å². The van der Waals surface area contributed by atoms with Crippen molar-refractivity contribution in [3.8, 4) is 0 Å². The zero-order valence-electron chi connectivity index (χ0n) is 11.5. The number of rotatable bonds is 7. The highest BCUT2D eigenvalue weighted by Gasteiger charge is 2.21. The lowest BCUT2D eigenvalue weighted by molar-refractivity contribution is 0.0695. The van der Waals surface area contributed by atoms with Crippen LogP contribution >= 0.6 is 0 Å². The second-order valence-electron chi connectivity index (χ2n) is 4.15. The van der Waals surface area contributed by atoms with E-state index in [0.717, 1.165) is 0 Å². The molecule has 8 nitrogen and oxygen atoms in total. The first kappa shape index (κ1) is 17.6. The molecule has 21 heavy (non-hydrogen) atoms. The average Bonchev–Trinajstić information content (AvgIpc) is 2.37. The number of carboxylic acid groups (broad SMARTS) is 1. The van der Waals surface area contributed by atoms with Gasteiger partial charge in [0.15, 0.2) is 0 Å². The molecule has 0 unspecified atom stereocenters. The van der Waals surface area contributed by atoms with Gasteiger partial charge in [-0.3, -0.25) is 0 Å². The Labute approximate surface area is 123 Å². The van der Waals surface area contributed by atoms with E-state index in [4.69, 9.17) is 5.11 Å². The second kappa shape index (κ2) is 6.52. The van der Waals surface area contributed by atoms with Crippen LogP contribution in [-0.2, 0) is 20.0 Å². The van der Waals surface area contributed by atoms with E-state index < -0.39 is 31.8 Å². The molecule has 1 aromatic rings. The molecule has 0 heterocycles. The number of hydrogen-bond donors (Lipinski definition) is 3. The Morgan fingerprint density at radius 1 is 1.24 bits per heavy atom. The summed E-state index contributed by atoms with van der Waals surface area (Å²) in [4.78, 5) is 10.8. The first-order chi connectivity index (χ1) is 9.60. The van der Waals surface area contributed by atoms with Crippen molar-refractivity contribution in [1.29, 1.82) is 0 Å². The normalized spacial score (nSPS) is 12.3. The van der Waals surface area contributed by atoms with Crippen molar-refractivity contribution in [1.82, 2.24) is 9.44 Å². The molecule has 0 saturated carbocycles. The molecule has 0 radical (unpaired) electrons. The number of carboxylic acids is 1. The summed E-state index contributed by atoms with van der Waals surface area (Å²) in [7, 11) is -6.28. The van der Waals surface area contributed by atoms with Gasteiger partial charge in [0.2, 0.25) is 20.0 Å². The fourth-order valence-electron chi connectivity index (χ4n) is 1.63. The van der Waals surface area contributed by atoms with Crippen molar-refractivity contribution < 1.29 is 26.7 Å². The van der Waals surface area contributed by atoms with Crippen LogP contribution in [0.25, 0.3) is 0 Å². The van der Waals surface area contributed by atoms with Crippen LogP contribution in [0, 0.1) is 6.92 Å². The van der Waals surface area contributed by atoms with Gasteiger partial charge in [0, 0.05) is 6.54 Å². The van der Waals surface area contributed by atoms with Crippen LogP contribution in [0.4, 0.5) is 0 Å². The van der Waals surface area contributed by atoms with Crippen molar-refractivity contribution in [2.45, 2.75) is 11.8 Å². The third-order valence-corrected chi connectivity index (χ3v) is 5.75. The van der Waals surface area contributed by atoms with Crippen LogP contribution < -0.4 is 9.44 Å². The predicted octanol–water partition coefficient (Wildman–Crippen LogP) is -0.479. The van der Waals surface area contributed by atoms with Gasteiger partial charge in [-0.05, 0) is 31.7 Å².